The Morgan fingerprint density at radius 2 is 2.19 bits per heavy atom. The second-order valence-corrected chi connectivity index (χ2v) is 6.75. The standard InChI is InChI=1S/C19H22N4O3/c1-12-10-13(2)23(21-12)15(17-8-5-9-25-17)11-20-19(24)18-14-6-3-4-7-16(14)26-22-18/h5,8-10,15H,3-4,6-7,11H2,1-2H3,(H,20,24). The number of fused-ring (bicyclic) bond motifs is 1. The first-order valence-corrected chi connectivity index (χ1v) is 8.95. The normalized spacial score (nSPS) is 14.8. The number of furan rings is 1. The van der Waals surface area contributed by atoms with E-state index in [1.807, 2.05) is 36.7 Å². The molecule has 4 rings (SSSR count). The lowest BCUT2D eigenvalue weighted by atomic mass is 9.96. The first-order chi connectivity index (χ1) is 12.6. The number of rotatable bonds is 5. The molecule has 0 saturated carbocycles. The average Bonchev–Trinajstić information content (AvgIpc) is 3.36. The van der Waals surface area contributed by atoms with Crippen LogP contribution in [0.5, 0.6) is 0 Å². The summed E-state index contributed by atoms with van der Waals surface area (Å²) >= 11 is 0. The Kier molecular flexibility index (Phi) is 4.36. The van der Waals surface area contributed by atoms with Crippen LogP contribution in [0.25, 0.3) is 0 Å². The number of nitrogens with zero attached hydrogens (tertiary/aromatic N) is 3. The molecule has 0 aliphatic heterocycles. The highest BCUT2D eigenvalue weighted by molar-refractivity contribution is 5.93. The summed E-state index contributed by atoms with van der Waals surface area (Å²) in [6.07, 6.45) is 5.48. The van der Waals surface area contributed by atoms with Crippen LogP contribution in [0, 0.1) is 13.8 Å². The third kappa shape index (κ3) is 3.05. The van der Waals surface area contributed by atoms with E-state index in [0.29, 0.717) is 12.2 Å². The minimum absolute atomic E-state index is 0.213. The van der Waals surface area contributed by atoms with Crippen LogP contribution in [-0.4, -0.2) is 27.4 Å². The number of hydrogen-bond acceptors (Lipinski definition) is 5. The number of hydrogen-bond donors (Lipinski definition) is 1. The number of nitrogens with one attached hydrogen (secondary N) is 1. The number of carbonyl (C=O) groups excluding carboxylic acids is 1. The summed E-state index contributed by atoms with van der Waals surface area (Å²) < 4.78 is 12.8. The third-order valence-corrected chi connectivity index (χ3v) is 4.83. The van der Waals surface area contributed by atoms with Crippen LogP contribution >= 0.6 is 0 Å². The molecule has 1 N–H and O–H groups in total. The van der Waals surface area contributed by atoms with E-state index in [-0.39, 0.29) is 11.9 Å². The van der Waals surface area contributed by atoms with E-state index < -0.39 is 0 Å². The molecule has 0 fully saturated rings. The summed E-state index contributed by atoms with van der Waals surface area (Å²) in [4.78, 5) is 12.7. The van der Waals surface area contributed by atoms with Crippen molar-refractivity contribution in [1.82, 2.24) is 20.3 Å². The fraction of sp³-hybridized carbons (Fsp3) is 0.421. The molecule has 3 aromatic rings. The molecule has 0 aromatic carbocycles. The fourth-order valence-corrected chi connectivity index (χ4v) is 3.59. The molecule has 1 amide bonds. The van der Waals surface area contributed by atoms with Gasteiger partial charge in [0.2, 0.25) is 0 Å². The molecule has 3 aromatic heterocycles. The lowest BCUT2D eigenvalue weighted by Crippen LogP contribution is -2.32. The van der Waals surface area contributed by atoms with Gasteiger partial charge in [0.05, 0.1) is 12.0 Å². The van der Waals surface area contributed by atoms with E-state index >= 15 is 0 Å². The highest BCUT2D eigenvalue weighted by Crippen LogP contribution is 2.25. The van der Waals surface area contributed by atoms with Gasteiger partial charge in [-0.1, -0.05) is 5.16 Å². The number of aromatic nitrogens is 3. The molecular formula is C19H22N4O3. The van der Waals surface area contributed by atoms with Crippen LogP contribution in [-0.2, 0) is 12.8 Å². The van der Waals surface area contributed by atoms with Crippen LogP contribution in [0.1, 0.15) is 57.8 Å². The molecule has 0 saturated heterocycles. The van der Waals surface area contributed by atoms with Gasteiger partial charge in [-0.15, -0.1) is 0 Å². The number of carbonyl (C=O) groups is 1. The Morgan fingerprint density at radius 1 is 1.35 bits per heavy atom. The smallest absolute Gasteiger partial charge is 0.273 e. The highest BCUT2D eigenvalue weighted by atomic mass is 16.5. The predicted octanol–water partition coefficient (Wildman–Crippen LogP) is 2.98. The van der Waals surface area contributed by atoms with Crippen molar-refractivity contribution in [3.05, 3.63) is 58.6 Å². The Bertz CT molecular complexity index is 908. The van der Waals surface area contributed by atoms with Crippen molar-refractivity contribution < 1.29 is 13.7 Å². The number of amides is 1. The molecule has 3 heterocycles. The molecule has 0 radical (unpaired) electrons. The van der Waals surface area contributed by atoms with Crippen molar-refractivity contribution in [3.63, 3.8) is 0 Å². The molecule has 1 aliphatic rings. The topological polar surface area (TPSA) is 86.1 Å². The molecule has 26 heavy (non-hydrogen) atoms. The van der Waals surface area contributed by atoms with Crippen molar-refractivity contribution in [2.24, 2.45) is 0 Å². The van der Waals surface area contributed by atoms with Crippen LogP contribution in [0.3, 0.4) is 0 Å². The first kappa shape index (κ1) is 16.6. The van der Waals surface area contributed by atoms with E-state index in [9.17, 15) is 4.79 Å². The van der Waals surface area contributed by atoms with Gasteiger partial charge in [0.1, 0.15) is 17.6 Å². The average molecular weight is 354 g/mol. The summed E-state index contributed by atoms with van der Waals surface area (Å²) in [5.74, 6) is 1.39. The van der Waals surface area contributed by atoms with Gasteiger partial charge in [-0.2, -0.15) is 5.10 Å². The maximum Gasteiger partial charge on any atom is 0.273 e. The molecule has 7 heteroatoms. The Labute approximate surface area is 151 Å². The summed E-state index contributed by atoms with van der Waals surface area (Å²) in [5.41, 5.74) is 3.30. The maximum atomic E-state index is 12.7. The van der Waals surface area contributed by atoms with Gasteiger partial charge >= 0.3 is 0 Å². The molecule has 1 atom stereocenters. The molecule has 0 bridgehead atoms. The van der Waals surface area contributed by atoms with Gasteiger partial charge in [-0.3, -0.25) is 9.48 Å². The Balaban J connectivity index is 1.54. The van der Waals surface area contributed by atoms with E-state index in [2.05, 4.69) is 15.6 Å². The second kappa shape index (κ2) is 6.82. The molecule has 136 valence electrons. The quantitative estimate of drug-likeness (QED) is 0.761. The van der Waals surface area contributed by atoms with Gasteiger partial charge in [0.15, 0.2) is 5.69 Å². The zero-order chi connectivity index (χ0) is 18.1. The van der Waals surface area contributed by atoms with E-state index in [4.69, 9.17) is 8.94 Å². The summed E-state index contributed by atoms with van der Waals surface area (Å²) in [5, 5.41) is 11.5. The van der Waals surface area contributed by atoms with Crippen molar-refractivity contribution in [2.45, 2.75) is 45.6 Å². The first-order valence-electron chi connectivity index (χ1n) is 8.95. The third-order valence-electron chi connectivity index (χ3n) is 4.83. The van der Waals surface area contributed by atoms with Crippen molar-refractivity contribution in [3.8, 4) is 0 Å². The largest absolute Gasteiger partial charge is 0.467 e. The summed E-state index contributed by atoms with van der Waals surface area (Å²) in [6, 6.07) is 5.52. The lowest BCUT2D eigenvalue weighted by molar-refractivity contribution is 0.0938. The van der Waals surface area contributed by atoms with E-state index in [0.717, 1.165) is 54.2 Å². The van der Waals surface area contributed by atoms with Crippen LogP contribution in [0.2, 0.25) is 0 Å². The Morgan fingerprint density at radius 3 is 2.92 bits per heavy atom. The van der Waals surface area contributed by atoms with Gasteiger partial charge < -0.3 is 14.3 Å². The van der Waals surface area contributed by atoms with Crippen LogP contribution < -0.4 is 5.32 Å². The van der Waals surface area contributed by atoms with Gasteiger partial charge in [0, 0.05) is 24.2 Å². The predicted molar refractivity (Wildman–Crippen MR) is 94.0 cm³/mol. The molecule has 0 spiro atoms. The van der Waals surface area contributed by atoms with E-state index in [1.165, 1.54) is 0 Å². The highest BCUT2D eigenvalue weighted by Gasteiger charge is 2.26. The monoisotopic (exact) mass is 354 g/mol. The van der Waals surface area contributed by atoms with Crippen LogP contribution in [0.4, 0.5) is 0 Å². The SMILES string of the molecule is Cc1cc(C)n(C(CNC(=O)c2noc3c2CCCC3)c2ccco2)n1. The zero-order valence-electron chi connectivity index (χ0n) is 15.0. The lowest BCUT2D eigenvalue weighted by Gasteiger charge is -2.18. The van der Waals surface area contributed by atoms with Crippen molar-refractivity contribution in [2.75, 3.05) is 6.54 Å². The molecule has 1 aliphatic carbocycles. The minimum Gasteiger partial charge on any atom is -0.467 e. The van der Waals surface area contributed by atoms with E-state index in [1.54, 1.807) is 6.26 Å². The van der Waals surface area contributed by atoms with Crippen molar-refractivity contribution >= 4 is 5.91 Å². The minimum atomic E-state index is -0.217. The summed E-state index contributed by atoms with van der Waals surface area (Å²) in [7, 11) is 0. The maximum absolute atomic E-state index is 12.7. The van der Waals surface area contributed by atoms with Gasteiger partial charge in [-0.05, 0) is 51.3 Å². The van der Waals surface area contributed by atoms with Crippen LogP contribution in [0.15, 0.2) is 33.4 Å². The Hall–Kier alpha value is -2.83. The molecule has 1 unspecified atom stereocenters. The van der Waals surface area contributed by atoms with Gasteiger partial charge in [-0.25, -0.2) is 0 Å². The second-order valence-electron chi connectivity index (χ2n) is 6.75. The molecular weight excluding hydrogens is 332 g/mol. The van der Waals surface area contributed by atoms with Gasteiger partial charge in [0.25, 0.3) is 5.91 Å². The van der Waals surface area contributed by atoms with Crippen molar-refractivity contribution in [1.29, 1.82) is 0 Å². The summed E-state index contributed by atoms with van der Waals surface area (Å²) in [6.45, 7) is 4.30. The fourth-order valence-electron chi connectivity index (χ4n) is 3.59. The number of aryl methyl sites for hydroxylation is 3. The zero-order valence-corrected chi connectivity index (χ0v) is 15.0. The molecule has 7 nitrogen and oxygen atoms in total.